The number of nitrogens with zero attached hydrogens (tertiary/aromatic N) is 7. The maximum Gasteiger partial charge on any atom is 0.322 e. The summed E-state index contributed by atoms with van der Waals surface area (Å²) in [5.41, 5.74) is 2.88. The average molecular weight is 591 g/mol. The summed E-state index contributed by atoms with van der Waals surface area (Å²) < 4.78 is 33.1. The van der Waals surface area contributed by atoms with Gasteiger partial charge in [0.05, 0.1) is 11.7 Å². The van der Waals surface area contributed by atoms with Crippen LogP contribution < -0.4 is 19.1 Å². The van der Waals surface area contributed by atoms with Crippen molar-refractivity contribution < 1.29 is 23.4 Å². The predicted octanol–water partition coefficient (Wildman–Crippen LogP) is 3.46. The van der Waals surface area contributed by atoms with Gasteiger partial charge in [0.25, 0.3) is 11.8 Å². The van der Waals surface area contributed by atoms with Gasteiger partial charge in [0.15, 0.2) is 17.7 Å². The molecule has 2 saturated heterocycles. The molecule has 226 valence electrons. The van der Waals surface area contributed by atoms with Crippen LogP contribution in [0, 0.1) is 13.5 Å². The molecule has 1 unspecified atom stereocenters. The largest absolute Gasteiger partial charge is 0.478 e. The summed E-state index contributed by atoms with van der Waals surface area (Å²) in [6.07, 6.45) is 3.02. The van der Waals surface area contributed by atoms with Crippen LogP contribution in [0.5, 0.6) is 17.6 Å². The zero-order valence-electron chi connectivity index (χ0n) is 24.5. The Morgan fingerprint density at radius 3 is 2.84 bits per heavy atom. The number of aryl methyl sites for hydroxylation is 1. The highest BCUT2D eigenvalue weighted by molar-refractivity contribution is 5.91. The third-order valence-electron chi connectivity index (χ3n) is 8.59. The highest BCUT2D eigenvalue weighted by Crippen LogP contribution is 2.46. The van der Waals surface area contributed by atoms with Gasteiger partial charge in [-0.3, -0.25) is 9.89 Å². The molecule has 0 bridgehead atoms. The van der Waals surface area contributed by atoms with Gasteiger partial charge in [0.1, 0.15) is 18.8 Å². The average Bonchev–Trinajstić information content (AvgIpc) is 3.64. The number of carbonyl (C=O) groups is 1. The topological polar surface area (TPSA) is 113 Å². The van der Waals surface area contributed by atoms with Gasteiger partial charge in [-0.05, 0) is 51.9 Å². The number of anilines is 1. The molecule has 3 aliphatic heterocycles. The molecule has 0 saturated carbocycles. The molecular formula is C30H35FN8O4. The van der Waals surface area contributed by atoms with Crippen molar-refractivity contribution in [2.45, 2.75) is 51.0 Å². The number of hydrogen-bond acceptors (Lipinski definition) is 9. The van der Waals surface area contributed by atoms with Crippen molar-refractivity contribution in [2.24, 2.45) is 0 Å². The maximum atomic E-state index is 13.8. The lowest BCUT2D eigenvalue weighted by Crippen LogP contribution is -2.56. The van der Waals surface area contributed by atoms with Gasteiger partial charge in [-0.2, -0.15) is 15.1 Å². The standard InChI is InChI=1S/C30H35FN8O4/c1-17-8-9-23-22(14-33-36-23)24(17)25-19(3)42-26-27(38-11-12-39(29(40)18(2)31)21(15-38)13-32-4)34-30(35-28(26)43-25)41-16-20-7-6-10-37(20)5/h8-9,14,19-21,25H,2,6-7,10-13,15-16H2,1,3,5H3,(H,33,36)/t19-,20-,21-,25?/m0/s1. The minimum atomic E-state index is -1.05. The number of benzene rings is 1. The van der Waals surface area contributed by atoms with Crippen molar-refractivity contribution in [1.29, 1.82) is 0 Å². The molecule has 43 heavy (non-hydrogen) atoms. The molecule has 12 nitrogen and oxygen atoms in total. The molecule has 2 fully saturated rings. The number of carbonyl (C=O) groups excluding carboxylic acids is 1. The number of rotatable bonds is 7. The molecule has 2 aromatic heterocycles. The first kappa shape index (κ1) is 28.7. The Bertz CT molecular complexity index is 1590. The zero-order valence-corrected chi connectivity index (χ0v) is 24.5. The van der Waals surface area contributed by atoms with Gasteiger partial charge in [0, 0.05) is 36.6 Å². The van der Waals surface area contributed by atoms with E-state index in [0.29, 0.717) is 24.7 Å². The Labute approximate surface area is 249 Å². The summed E-state index contributed by atoms with van der Waals surface area (Å²) in [4.78, 5) is 31.0. The molecule has 3 aromatic rings. The lowest BCUT2D eigenvalue weighted by atomic mass is 9.95. The SMILES string of the molecule is [C-]#[N+]C[C@H]1CN(c2nc(OC[C@@H]3CCCN3C)nc3c2O[C@@H](C)C(c2c(C)ccc4[nH]ncc24)O3)CCN1C(=O)C(=C)F. The van der Waals surface area contributed by atoms with E-state index in [1.54, 1.807) is 6.20 Å². The molecule has 4 atom stereocenters. The Hall–Kier alpha value is -4.44. The number of aromatic amines is 1. The smallest absolute Gasteiger partial charge is 0.322 e. The molecule has 6 rings (SSSR count). The van der Waals surface area contributed by atoms with Crippen molar-refractivity contribution in [3.8, 4) is 17.6 Å². The van der Waals surface area contributed by atoms with Gasteiger partial charge in [-0.15, -0.1) is 0 Å². The molecule has 3 aliphatic rings. The number of aromatic nitrogens is 4. The van der Waals surface area contributed by atoms with Crippen molar-refractivity contribution in [3.63, 3.8) is 0 Å². The zero-order chi connectivity index (χ0) is 30.2. The number of amides is 1. The molecule has 1 N–H and O–H groups in total. The van der Waals surface area contributed by atoms with Gasteiger partial charge in [0.2, 0.25) is 12.3 Å². The van der Waals surface area contributed by atoms with E-state index < -0.39 is 30.0 Å². The lowest BCUT2D eigenvalue weighted by molar-refractivity contribution is -0.131. The summed E-state index contributed by atoms with van der Waals surface area (Å²) in [5, 5.41) is 8.18. The second-order valence-corrected chi connectivity index (χ2v) is 11.4. The number of fused-ring (bicyclic) bond motifs is 2. The minimum Gasteiger partial charge on any atom is -0.478 e. The van der Waals surface area contributed by atoms with Gasteiger partial charge in [-0.25, -0.2) is 11.0 Å². The van der Waals surface area contributed by atoms with E-state index in [1.165, 1.54) is 4.90 Å². The fraction of sp³-hybridized carbons (Fsp3) is 0.500. The number of H-pyrrole nitrogens is 1. The molecule has 0 aliphatic carbocycles. The summed E-state index contributed by atoms with van der Waals surface area (Å²) >= 11 is 0. The quantitative estimate of drug-likeness (QED) is 0.327. The van der Waals surface area contributed by atoms with Gasteiger partial charge >= 0.3 is 6.01 Å². The van der Waals surface area contributed by atoms with Gasteiger partial charge < -0.3 is 33.8 Å². The van der Waals surface area contributed by atoms with Crippen LogP contribution in [-0.4, -0.2) is 100 Å². The third-order valence-corrected chi connectivity index (χ3v) is 8.59. The molecule has 1 aromatic carbocycles. The fourth-order valence-electron chi connectivity index (χ4n) is 6.24. The number of nitrogens with one attached hydrogen (secondary N) is 1. The third kappa shape index (κ3) is 5.43. The number of piperazine rings is 1. The number of halogens is 1. The predicted molar refractivity (Wildman–Crippen MR) is 157 cm³/mol. The first-order chi connectivity index (χ1) is 20.7. The van der Waals surface area contributed by atoms with E-state index in [9.17, 15) is 9.18 Å². The van der Waals surface area contributed by atoms with E-state index in [1.807, 2.05) is 30.9 Å². The Kier molecular flexibility index (Phi) is 7.79. The second kappa shape index (κ2) is 11.7. The second-order valence-electron chi connectivity index (χ2n) is 11.4. The van der Waals surface area contributed by atoms with Crippen LogP contribution in [0.1, 0.15) is 37.0 Å². The Morgan fingerprint density at radius 1 is 1.26 bits per heavy atom. The van der Waals surface area contributed by atoms with Crippen LogP contribution in [-0.2, 0) is 4.79 Å². The summed E-state index contributed by atoms with van der Waals surface area (Å²) in [5.74, 6) is -0.788. The molecule has 0 radical (unpaired) electrons. The highest BCUT2D eigenvalue weighted by atomic mass is 19.1. The van der Waals surface area contributed by atoms with E-state index in [4.69, 9.17) is 25.8 Å². The van der Waals surface area contributed by atoms with Crippen LogP contribution in [0.2, 0.25) is 0 Å². The number of ether oxygens (including phenoxy) is 3. The van der Waals surface area contributed by atoms with Crippen molar-refractivity contribution >= 4 is 22.6 Å². The van der Waals surface area contributed by atoms with Crippen LogP contribution in [0.3, 0.4) is 0 Å². The summed E-state index contributed by atoms with van der Waals surface area (Å²) in [7, 11) is 2.08. The first-order valence-electron chi connectivity index (χ1n) is 14.5. The van der Waals surface area contributed by atoms with Crippen LogP contribution in [0.15, 0.2) is 30.7 Å². The monoisotopic (exact) mass is 590 g/mol. The van der Waals surface area contributed by atoms with E-state index in [-0.39, 0.29) is 37.6 Å². The first-order valence-corrected chi connectivity index (χ1v) is 14.5. The molecule has 5 heterocycles. The van der Waals surface area contributed by atoms with E-state index in [0.717, 1.165) is 41.4 Å². The normalized spacial score (nSPS) is 23.8. The van der Waals surface area contributed by atoms with Crippen molar-refractivity contribution in [2.75, 3.05) is 51.3 Å². The maximum absolute atomic E-state index is 13.8. The van der Waals surface area contributed by atoms with Crippen LogP contribution in [0.4, 0.5) is 10.2 Å². The highest BCUT2D eigenvalue weighted by Gasteiger charge is 2.40. The van der Waals surface area contributed by atoms with Gasteiger partial charge in [-0.1, -0.05) is 12.6 Å². The van der Waals surface area contributed by atoms with Crippen molar-refractivity contribution in [1.82, 2.24) is 30.0 Å². The molecule has 13 heteroatoms. The Morgan fingerprint density at radius 2 is 2.09 bits per heavy atom. The van der Waals surface area contributed by atoms with E-state index in [2.05, 4.69) is 38.6 Å². The number of hydrogen-bond donors (Lipinski definition) is 1. The lowest BCUT2D eigenvalue weighted by Gasteiger charge is -2.41. The summed E-state index contributed by atoms with van der Waals surface area (Å²) in [6.45, 7) is 16.7. The summed E-state index contributed by atoms with van der Waals surface area (Å²) in [6, 6.07) is 3.84. The van der Waals surface area contributed by atoms with Crippen molar-refractivity contribution in [3.05, 3.63) is 53.3 Å². The minimum absolute atomic E-state index is 0.00395. The van der Waals surface area contributed by atoms with E-state index >= 15 is 0 Å². The fourth-order valence-corrected chi connectivity index (χ4v) is 6.24. The molecule has 0 spiro atoms. The Balaban J connectivity index is 1.36. The number of likely N-dealkylation sites (tertiary alicyclic amines) is 1. The number of likely N-dealkylation sites (N-methyl/N-ethyl adjacent to an activating group) is 1. The van der Waals surface area contributed by atoms with Crippen LogP contribution in [0.25, 0.3) is 15.7 Å². The van der Waals surface area contributed by atoms with Crippen LogP contribution >= 0.6 is 0 Å². The molecule has 1 amide bonds. The molecular weight excluding hydrogens is 555 g/mol.